The number of ether oxygens (including phenoxy) is 2. The second-order valence-corrected chi connectivity index (χ2v) is 7.12. The van der Waals surface area contributed by atoms with Crippen molar-refractivity contribution in [3.05, 3.63) is 75.6 Å². The monoisotopic (exact) mass is 481 g/mol. The summed E-state index contributed by atoms with van der Waals surface area (Å²) in [5.74, 6) is 0.854. The Balaban J connectivity index is 1.70. The van der Waals surface area contributed by atoms with Crippen LogP contribution < -0.4 is 14.8 Å². The van der Waals surface area contributed by atoms with Crippen LogP contribution in [0.25, 0.3) is 10.9 Å². The Kier molecular flexibility index (Phi) is 5.89. The molecule has 9 nitrogen and oxygen atoms in total. The van der Waals surface area contributed by atoms with Crippen molar-refractivity contribution in [3.8, 4) is 17.4 Å². The Labute approximate surface area is 185 Å². The second kappa shape index (κ2) is 8.92. The molecule has 10 heteroatoms. The largest absolute Gasteiger partial charge is 0.494 e. The van der Waals surface area contributed by atoms with E-state index >= 15 is 0 Å². The van der Waals surface area contributed by atoms with Crippen molar-refractivity contribution in [1.82, 2.24) is 15.0 Å². The molecule has 0 bridgehead atoms. The maximum Gasteiger partial charge on any atom is 0.373 e. The van der Waals surface area contributed by atoms with E-state index in [1.807, 2.05) is 13.0 Å². The number of nitro groups is 1. The Morgan fingerprint density at radius 3 is 2.65 bits per heavy atom. The normalized spacial score (nSPS) is 10.6. The zero-order chi connectivity index (χ0) is 21.8. The maximum atomic E-state index is 11.8. The summed E-state index contributed by atoms with van der Waals surface area (Å²) >= 11 is 3.47. The summed E-state index contributed by atoms with van der Waals surface area (Å²) in [6.07, 6.45) is 2.82. The van der Waals surface area contributed by atoms with Crippen molar-refractivity contribution in [1.29, 1.82) is 0 Å². The van der Waals surface area contributed by atoms with Gasteiger partial charge in [0.2, 0.25) is 5.82 Å². The lowest BCUT2D eigenvalue weighted by atomic mass is 10.2. The minimum Gasteiger partial charge on any atom is -0.494 e. The smallest absolute Gasteiger partial charge is 0.373 e. The Bertz CT molecular complexity index is 1250. The van der Waals surface area contributed by atoms with Gasteiger partial charge in [0.25, 0.3) is 0 Å². The summed E-state index contributed by atoms with van der Waals surface area (Å²) in [5.41, 5.74) is 0.765. The third-order valence-corrected chi connectivity index (χ3v) is 4.98. The van der Waals surface area contributed by atoms with Gasteiger partial charge in [0.05, 0.1) is 11.5 Å². The van der Waals surface area contributed by atoms with Crippen LogP contribution >= 0.6 is 15.9 Å². The van der Waals surface area contributed by atoms with Crippen LogP contribution in [0.4, 0.5) is 17.2 Å². The molecule has 156 valence electrons. The lowest BCUT2D eigenvalue weighted by Crippen LogP contribution is -2.04. The number of nitrogens with zero attached hydrogens (tertiary/aromatic N) is 4. The molecule has 2 aromatic heterocycles. The number of fused-ring (bicyclic) bond motifs is 1. The predicted octanol–water partition coefficient (Wildman–Crippen LogP) is 5.63. The van der Waals surface area contributed by atoms with Gasteiger partial charge in [-0.1, -0.05) is 22.0 Å². The van der Waals surface area contributed by atoms with E-state index in [-0.39, 0.29) is 17.4 Å². The molecule has 4 aromatic rings. The van der Waals surface area contributed by atoms with Crippen LogP contribution in [0.3, 0.4) is 0 Å². The standard InChI is InChI=1S/C21H16BrN5O4/c1-2-30-14-7-5-13(6-8-14)26-20-19(27(28)29)21(25-12-24-20)31-17-10-9-16(22)15-4-3-11-23-18(15)17/h3-12H,2H2,1H3,(H,24,25,26). The van der Waals surface area contributed by atoms with Gasteiger partial charge in [-0.2, -0.15) is 4.98 Å². The quantitative estimate of drug-likeness (QED) is 0.267. The van der Waals surface area contributed by atoms with E-state index < -0.39 is 4.92 Å². The summed E-state index contributed by atoms with van der Waals surface area (Å²) in [5, 5.41) is 15.6. The Hall–Kier alpha value is -3.79. The molecule has 4 rings (SSSR count). The first-order valence-corrected chi connectivity index (χ1v) is 10.1. The van der Waals surface area contributed by atoms with Crippen LogP contribution in [0, 0.1) is 10.1 Å². The van der Waals surface area contributed by atoms with Crippen molar-refractivity contribution in [3.63, 3.8) is 0 Å². The molecular weight excluding hydrogens is 466 g/mol. The minimum absolute atomic E-state index is 0.00790. The summed E-state index contributed by atoms with van der Waals surface area (Å²) < 4.78 is 12.1. The third-order valence-electron chi connectivity index (χ3n) is 4.29. The van der Waals surface area contributed by atoms with Gasteiger partial charge in [-0.05, 0) is 49.4 Å². The summed E-state index contributed by atoms with van der Waals surface area (Å²) in [4.78, 5) is 23.6. The number of pyridine rings is 1. The first kappa shape index (κ1) is 20.5. The van der Waals surface area contributed by atoms with Crippen molar-refractivity contribution in [2.75, 3.05) is 11.9 Å². The highest BCUT2D eigenvalue weighted by molar-refractivity contribution is 9.10. The van der Waals surface area contributed by atoms with Gasteiger partial charge in [-0.25, -0.2) is 4.98 Å². The summed E-state index contributed by atoms with van der Waals surface area (Å²) in [7, 11) is 0. The highest BCUT2D eigenvalue weighted by atomic mass is 79.9. The molecule has 0 saturated heterocycles. The second-order valence-electron chi connectivity index (χ2n) is 6.26. The molecule has 0 atom stereocenters. The number of halogens is 1. The fraction of sp³-hybridized carbons (Fsp3) is 0.0952. The van der Waals surface area contributed by atoms with E-state index in [0.29, 0.717) is 29.3 Å². The number of nitrogens with one attached hydrogen (secondary N) is 1. The topological polar surface area (TPSA) is 112 Å². The highest BCUT2D eigenvalue weighted by Crippen LogP contribution is 2.38. The van der Waals surface area contributed by atoms with Crippen molar-refractivity contribution < 1.29 is 14.4 Å². The highest BCUT2D eigenvalue weighted by Gasteiger charge is 2.26. The van der Waals surface area contributed by atoms with Gasteiger partial charge in [0.15, 0.2) is 5.75 Å². The third kappa shape index (κ3) is 4.38. The van der Waals surface area contributed by atoms with Gasteiger partial charge in [-0.15, -0.1) is 0 Å². The molecule has 1 N–H and O–H groups in total. The number of hydrogen-bond acceptors (Lipinski definition) is 8. The zero-order valence-corrected chi connectivity index (χ0v) is 17.9. The molecule has 0 fully saturated rings. The van der Waals surface area contributed by atoms with Crippen LogP contribution in [0.1, 0.15) is 6.92 Å². The molecule has 0 aliphatic carbocycles. The maximum absolute atomic E-state index is 11.8. The van der Waals surface area contributed by atoms with Gasteiger partial charge < -0.3 is 14.8 Å². The van der Waals surface area contributed by atoms with Crippen LogP contribution in [0.15, 0.2) is 65.5 Å². The number of anilines is 2. The number of benzene rings is 2. The fourth-order valence-electron chi connectivity index (χ4n) is 2.93. The number of hydrogen-bond donors (Lipinski definition) is 1. The molecule has 0 spiro atoms. The van der Waals surface area contributed by atoms with E-state index in [0.717, 1.165) is 9.86 Å². The lowest BCUT2D eigenvalue weighted by molar-refractivity contribution is -0.385. The van der Waals surface area contributed by atoms with E-state index in [1.54, 1.807) is 48.7 Å². The van der Waals surface area contributed by atoms with Gasteiger partial charge >= 0.3 is 11.6 Å². The first-order valence-electron chi connectivity index (χ1n) is 9.27. The number of rotatable bonds is 7. The summed E-state index contributed by atoms with van der Waals surface area (Å²) in [6.45, 7) is 2.44. The minimum atomic E-state index is -0.583. The molecule has 0 aliphatic heterocycles. The van der Waals surface area contributed by atoms with Crippen molar-refractivity contribution in [2.24, 2.45) is 0 Å². The average Bonchev–Trinajstić information content (AvgIpc) is 2.77. The van der Waals surface area contributed by atoms with Crippen molar-refractivity contribution >= 4 is 44.0 Å². The molecule has 2 heterocycles. The zero-order valence-electron chi connectivity index (χ0n) is 16.3. The molecule has 0 radical (unpaired) electrons. The van der Waals surface area contributed by atoms with Gasteiger partial charge in [0.1, 0.15) is 17.6 Å². The fourth-order valence-corrected chi connectivity index (χ4v) is 3.38. The van der Waals surface area contributed by atoms with Gasteiger partial charge in [0, 0.05) is 21.7 Å². The molecule has 0 aliphatic rings. The van der Waals surface area contributed by atoms with E-state index in [9.17, 15) is 10.1 Å². The van der Waals surface area contributed by atoms with E-state index in [2.05, 4.69) is 36.2 Å². The van der Waals surface area contributed by atoms with Crippen LogP contribution in [-0.4, -0.2) is 26.5 Å². The average molecular weight is 482 g/mol. The predicted molar refractivity (Wildman–Crippen MR) is 119 cm³/mol. The van der Waals surface area contributed by atoms with Crippen LogP contribution in [0.2, 0.25) is 0 Å². The Morgan fingerprint density at radius 2 is 1.90 bits per heavy atom. The molecule has 31 heavy (non-hydrogen) atoms. The summed E-state index contributed by atoms with van der Waals surface area (Å²) in [6, 6.07) is 14.1. The van der Waals surface area contributed by atoms with Crippen LogP contribution in [0.5, 0.6) is 17.4 Å². The molecular formula is C21H16BrN5O4. The first-order chi connectivity index (χ1) is 15.1. The van der Waals surface area contributed by atoms with Crippen molar-refractivity contribution in [2.45, 2.75) is 6.92 Å². The van der Waals surface area contributed by atoms with E-state index in [4.69, 9.17) is 9.47 Å². The molecule has 0 unspecified atom stereocenters. The molecule has 2 aromatic carbocycles. The molecule has 0 saturated carbocycles. The van der Waals surface area contributed by atoms with E-state index in [1.165, 1.54) is 6.33 Å². The SMILES string of the molecule is CCOc1ccc(Nc2ncnc(Oc3ccc(Br)c4cccnc34)c2[N+](=O)[O-])cc1. The number of aromatic nitrogens is 3. The van der Waals surface area contributed by atoms with Crippen LogP contribution in [-0.2, 0) is 0 Å². The molecule has 0 amide bonds. The Morgan fingerprint density at radius 1 is 1.10 bits per heavy atom. The van der Waals surface area contributed by atoms with Gasteiger partial charge in [-0.3, -0.25) is 15.1 Å². The lowest BCUT2D eigenvalue weighted by Gasteiger charge is -2.11.